The largest absolute Gasteiger partial charge is 0.375 e. The first-order valence-electron chi connectivity index (χ1n) is 7.89. The van der Waals surface area contributed by atoms with Crippen molar-refractivity contribution in [3.05, 3.63) is 0 Å². The molecule has 0 aromatic rings. The normalized spacial score (nSPS) is 30.3. The molecular formula is C16H31NO. The minimum atomic E-state index is 0.197. The van der Waals surface area contributed by atoms with Gasteiger partial charge < -0.3 is 10.5 Å². The lowest BCUT2D eigenvalue weighted by molar-refractivity contribution is -0.124. The van der Waals surface area contributed by atoms with Crippen LogP contribution < -0.4 is 5.73 Å². The Morgan fingerprint density at radius 2 is 1.94 bits per heavy atom. The SMILES string of the molecule is CCC(C)(C)C(N)C1CCOC2(CCCCC2)C1. The van der Waals surface area contributed by atoms with E-state index in [0.717, 1.165) is 13.0 Å². The molecular weight excluding hydrogens is 222 g/mol. The van der Waals surface area contributed by atoms with Gasteiger partial charge in [0.1, 0.15) is 0 Å². The van der Waals surface area contributed by atoms with E-state index in [4.69, 9.17) is 10.5 Å². The summed E-state index contributed by atoms with van der Waals surface area (Å²) >= 11 is 0. The summed E-state index contributed by atoms with van der Waals surface area (Å²) in [7, 11) is 0. The van der Waals surface area contributed by atoms with Gasteiger partial charge in [-0.25, -0.2) is 0 Å². The van der Waals surface area contributed by atoms with E-state index in [1.54, 1.807) is 0 Å². The van der Waals surface area contributed by atoms with Gasteiger partial charge in [-0.05, 0) is 43.4 Å². The fourth-order valence-electron chi connectivity index (χ4n) is 3.79. The van der Waals surface area contributed by atoms with Crippen molar-refractivity contribution in [3.8, 4) is 0 Å². The molecule has 0 aromatic carbocycles. The maximum atomic E-state index is 6.57. The zero-order chi connectivity index (χ0) is 13.2. The highest BCUT2D eigenvalue weighted by atomic mass is 16.5. The Kier molecular flexibility index (Phi) is 4.38. The molecule has 2 heteroatoms. The van der Waals surface area contributed by atoms with E-state index >= 15 is 0 Å². The summed E-state index contributed by atoms with van der Waals surface area (Å²) < 4.78 is 6.18. The zero-order valence-corrected chi connectivity index (χ0v) is 12.5. The number of ether oxygens (including phenoxy) is 1. The number of rotatable bonds is 3. The molecule has 2 fully saturated rings. The van der Waals surface area contributed by atoms with Gasteiger partial charge >= 0.3 is 0 Å². The van der Waals surface area contributed by atoms with Crippen LogP contribution in [0.3, 0.4) is 0 Å². The van der Waals surface area contributed by atoms with E-state index < -0.39 is 0 Å². The molecule has 2 rings (SSSR count). The van der Waals surface area contributed by atoms with Crippen molar-refractivity contribution in [2.24, 2.45) is 17.1 Å². The average molecular weight is 253 g/mol. The fourth-order valence-corrected chi connectivity index (χ4v) is 3.79. The number of nitrogens with two attached hydrogens (primary N) is 1. The van der Waals surface area contributed by atoms with Crippen LogP contribution in [0.5, 0.6) is 0 Å². The molecule has 1 aliphatic carbocycles. The van der Waals surface area contributed by atoms with Gasteiger partial charge in [0, 0.05) is 12.6 Å². The van der Waals surface area contributed by atoms with Gasteiger partial charge in [0.05, 0.1) is 5.60 Å². The Balaban J connectivity index is 2.02. The Morgan fingerprint density at radius 1 is 1.28 bits per heavy atom. The van der Waals surface area contributed by atoms with E-state index in [0.29, 0.717) is 12.0 Å². The zero-order valence-electron chi connectivity index (χ0n) is 12.5. The second kappa shape index (κ2) is 5.50. The average Bonchev–Trinajstić information content (AvgIpc) is 2.39. The number of hydrogen-bond acceptors (Lipinski definition) is 2. The second-order valence-electron chi connectivity index (χ2n) is 7.21. The summed E-state index contributed by atoms with van der Waals surface area (Å²) in [6.45, 7) is 7.83. The lowest BCUT2D eigenvalue weighted by Crippen LogP contribution is -2.50. The Labute approximate surface area is 113 Å². The molecule has 2 nitrogen and oxygen atoms in total. The van der Waals surface area contributed by atoms with Gasteiger partial charge in [-0.3, -0.25) is 0 Å². The van der Waals surface area contributed by atoms with Gasteiger partial charge in [-0.1, -0.05) is 40.0 Å². The minimum Gasteiger partial charge on any atom is -0.375 e. The molecule has 1 spiro atoms. The highest BCUT2D eigenvalue weighted by Gasteiger charge is 2.42. The van der Waals surface area contributed by atoms with Crippen molar-refractivity contribution in [2.75, 3.05) is 6.61 Å². The highest BCUT2D eigenvalue weighted by Crippen LogP contribution is 2.43. The molecule has 1 heterocycles. The van der Waals surface area contributed by atoms with E-state index in [1.807, 2.05) is 0 Å². The predicted octanol–water partition coefficient (Wildman–Crippen LogP) is 3.88. The van der Waals surface area contributed by atoms with Crippen LogP contribution in [0.15, 0.2) is 0 Å². The van der Waals surface area contributed by atoms with Crippen LogP contribution in [-0.4, -0.2) is 18.2 Å². The molecule has 2 atom stereocenters. The van der Waals surface area contributed by atoms with Crippen LogP contribution in [-0.2, 0) is 4.74 Å². The molecule has 1 aliphatic heterocycles. The van der Waals surface area contributed by atoms with Crippen LogP contribution in [0.25, 0.3) is 0 Å². The van der Waals surface area contributed by atoms with Crippen LogP contribution in [0.2, 0.25) is 0 Å². The molecule has 2 N–H and O–H groups in total. The van der Waals surface area contributed by atoms with Crippen LogP contribution in [0.4, 0.5) is 0 Å². The molecule has 1 saturated heterocycles. The van der Waals surface area contributed by atoms with E-state index in [-0.39, 0.29) is 11.0 Å². The standard InChI is InChI=1S/C16H31NO/c1-4-15(2,3)14(17)13-8-11-18-16(12-13)9-6-5-7-10-16/h13-14H,4-12,17H2,1-3H3. The molecule has 106 valence electrons. The monoisotopic (exact) mass is 253 g/mol. The predicted molar refractivity (Wildman–Crippen MR) is 76.5 cm³/mol. The molecule has 2 unspecified atom stereocenters. The van der Waals surface area contributed by atoms with Crippen LogP contribution in [0.1, 0.15) is 72.1 Å². The van der Waals surface area contributed by atoms with Gasteiger partial charge in [0.15, 0.2) is 0 Å². The first-order valence-corrected chi connectivity index (χ1v) is 7.89. The minimum absolute atomic E-state index is 0.197. The fraction of sp³-hybridized carbons (Fsp3) is 1.00. The molecule has 1 saturated carbocycles. The van der Waals surface area contributed by atoms with E-state index in [9.17, 15) is 0 Å². The second-order valence-corrected chi connectivity index (χ2v) is 7.21. The third-order valence-corrected chi connectivity index (χ3v) is 5.62. The quantitative estimate of drug-likeness (QED) is 0.828. The molecule has 0 amide bonds. The summed E-state index contributed by atoms with van der Waals surface area (Å²) in [6.07, 6.45) is 10.1. The summed E-state index contributed by atoms with van der Waals surface area (Å²) in [5.74, 6) is 0.659. The van der Waals surface area contributed by atoms with Gasteiger partial charge in [0.25, 0.3) is 0 Å². The first kappa shape index (κ1) is 14.3. The maximum absolute atomic E-state index is 6.57. The smallest absolute Gasteiger partial charge is 0.0685 e. The van der Waals surface area contributed by atoms with Gasteiger partial charge in [-0.15, -0.1) is 0 Å². The van der Waals surface area contributed by atoms with Crippen molar-refractivity contribution < 1.29 is 4.74 Å². The summed E-state index contributed by atoms with van der Waals surface area (Å²) in [5.41, 5.74) is 7.03. The Hall–Kier alpha value is -0.0800. The van der Waals surface area contributed by atoms with Crippen LogP contribution in [0, 0.1) is 11.3 Å². The lowest BCUT2D eigenvalue weighted by atomic mass is 9.68. The van der Waals surface area contributed by atoms with E-state index in [2.05, 4.69) is 20.8 Å². The molecule has 0 radical (unpaired) electrons. The third kappa shape index (κ3) is 2.91. The molecule has 0 aromatic heterocycles. The van der Waals surface area contributed by atoms with Crippen molar-refractivity contribution >= 4 is 0 Å². The van der Waals surface area contributed by atoms with Crippen molar-refractivity contribution in [3.63, 3.8) is 0 Å². The Bertz CT molecular complexity index is 263. The summed E-state index contributed by atoms with van der Waals surface area (Å²) in [6, 6.07) is 0.324. The molecule has 2 aliphatic rings. The van der Waals surface area contributed by atoms with E-state index in [1.165, 1.54) is 44.9 Å². The highest BCUT2D eigenvalue weighted by molar-refractivity contribution is 4.95. The van der Waals surface area contributed by atoms with Crippen molar-refractivity contribution in [1.82, 2.24) is 0 Å². The topological polar surface area (TPSA) is 35.2 Å². The van der Waals surface area contributed by atoms with Gasteiger partial charge in [-0.2, -0.15) is 0 Å². The third-order valence-electron chi connectivity index (χ3n) is 5.62. The number of hydrogen-bond donors (Lipinski definition) is 1. The van der Waals surface area contributed by atoms with Gasteiger partial charge in [0.2, 0.25) is 0 Å². The van der Waals surface area contributed by atoms with Crippen molar-refractivity contribution in [1.29, 1.82) is 0 Å². The van der Waals surface area contributed by atoms with Crippen LogP contribution >= 0.6 is 0 Å². The molecule has 0 bridgehead atoms. The lowest BCUT2D eigenvalue weighted by Gasteiger charge is -2.47. The summed E-state index contributed by atoms with van der Waals surface area (Å²) in [5, 5.41) is 0. The van der Waals surface area contributed by atoms with Crippen molar-refractivity contribution in [2.45, 2.75) is 83.8 Å². The summed E-state index contributed by atoms with van der Waals surface area (Å²) in [4.78, 5) is 0. The maximum Gasteiger partial charge on any atom is 0.0685 e. The molecule has 18 heavy (non-hydrogen) atoms. The first-order chi connectivity index (χ1) is 8.49. The Morgan fingerprint density at radius 3 is 2.56 bits per heavy atom.